The van der Waals surface area contributed by atoms with Crippen LogP contribution >= 0.6 is 0 Å². The summed E-state index contributed by atoms with van der Waals surface area (Å²) >= 11 is 0. The van der Waals surface area contributed by atoms with Crippen LogP contribution in [-0.4, -0.2) is 24.1 Å². The number of nitriles is 1. The number of hydrogen-bond donors (Lipinski definition) is 2. The first kappa shape index (κ1) is 12.8. The summed E-state index contributed by atoms with van der Waals surface area (Å²) < 4.78 is 0. The SMILES string of the molecule is Cc1cc(C)c(C#N)c(NCC[C@H]2CCCN2)n1. The predicted molar refractivity (Wildman–Crippen MR) is 72.6 cm³/mol. The van der Waals surface area contributed by atoms with Crippen molar-refractivity contribution in [3.8, 4) is 6.07 Å². The molecule has 2 N–H and O–H groups in total. The van der Waals surface area contributed by atoms with Gasteiger partial charge < -0.3 is 10.6 Å². The first-order valence-electron chi connectivity index (χ1n) is 6.56. The Hall–Kier alpha value is -1.60. The van der Waals surface area contributed by atoms with E-state index in [0.717, 1.165) is 36.6 Å². The molecule has 0 amide bonds. The molecule has 0 aliphatic carbocycles. The Morgan fingerprint density at radius 2 is 2.39 bits per heavy atom. The third-order valence-corrected chi connectivity index (χ3v) is 3.40. The lowest BCUT2D eigenvalue weighted by Gasteiger charge is -2.13. The molecule has 1 aliphatic rings. The zero-order valence-corrected chi connectivity index (χ0v) is 11.1. The Bertz CT molecular complexity index is 456. The van der Waals surface area contributed by atoms with Gasteiger partial charge in [0.05, 0.1) is 5.56 Å². The summed E-state index contributed by atoms with van der Waals surface area (Å²) in [5.74, 6) is 0.730. The molecule has 0 spiro atoms. The van der Waals surface area contributed by atoms with Crippen LogP contribution < -0.4 is 10.6 Å². The molecule has 1 aliphatic heterocycles. The van der Waals surface area contributed by atoms with Gasteiger partial charge in [0, 0.05) is 18.3 Å². The Kier molecular flexibility index (Phi) is 4.16. The Labute approximate surface area is 108 Å². The molecule has 4 heteroatoms. The monoisotopic (exact) mass is 244 g/mol. The lowest BCUT2D eigenvalue weighted by molar-refractivity contribution is 0.574. The molecule has 1 atom stereocenters. The molecule has 2 heterocycles. The average molecular weight is 244 g/mol. The van der Waals surface area contributed by atoms with E-state index in [1.165, 1.54) is 12.8 Å². The number of anilines is 1. The topological polar surface area (TPSA) is 60.7 Å². The van der Waals surface area contributed by atoms with Gasteiger partial charge >= 0.3 is 0 Å². The van der Waals surface area contributed by atoms with Crippen molar-refractivity contribution in [2.24, 2.45) is 0 Å². The van der Waals surface area contributed by atoms with E-state index in [1.807, 2.05) is 19.9 Å². The van der Waals surface area contributed by atoms with Gasteiger partial charge in [-0.05, 0) is 51.3 Å². The number of pyridine rings is 1. The summed E-state index contributed by atoms with van der Waals surface area (Å²) in [7, 11) is 0. The molecule has 1 saturated heterocycles. The second-order valence-corrected chi connectivity index (χ2v) is 4.92. The third-order valence-electron chi connectivity index (χ3n) is 3.40. The van der Waals surface area contributed by atoms with Crippen molar-refractivity contribution < 1.29 is 0 Å². The van der Waals surface area contributed by atoms with Crippen LogP contribution in [0.4, 0.5) is 5.82 Å². The largest absolute Gasteiger partial charge is 0.369 e. The zero-order chi connectivity index (χ0) is 13.0. The first-order chi connectivity index (χ1) is 8.70. The highest BCUT2D eigenvalue weighted by Crippen LogP contribution is 2.18. The van der Waals surface area contributed by atoms with Gasteiger partial charge in [-0.2, -0.15) is 5.26 Å². The van der Waals surface area contributed by atoms with Gasteiger partial charge in [0.15, 0.2) is 0 Å². The van der Waals surface area contributed by atoms with Gasteiger partial charge in [0.2, 0.25) is 0 Å². The summed E-state index contributed by atoms with van der Waals surface area (Å²) in [6.07, 6.45) is 3.61. The average Bonchev–Trinajstić information content (AvgIpc) is 2.81. The fourth-order valence-corrected chi connectivity index (χ4v) is 2.47. The number of nitrogens with zero attached hydrogens (tertiary/aromatic N) is 2. The number of nitrogens with one attached hydrogen (secondary N) is 2. The van der Waals surface area contributed by atoms with Crippen LogP contribution in [0.3, 0.4) is 0 Å². The van der Waals surface area contributed by atoms with Crippen LogP contribution in [0.5, 0.6) is 0 Å². The Morgan fingerprint density at radius 1 is 1.56 bits per heavy atom. The molecule has 0 aromatic carbocycles. The maximum Gasteiger partial charge on any atom is 0.144 e. The molecular formula is C14H20N4. The highest BCUT2D eigenvalue weighted by atomic mass is 15.0. The summed E-state index contributed by atoms with van der Waals surface area (Å²) in [6, 6.07) is 4.79. The molecule has 96 valence electrons. The van der Waals surface area contributed by atoms with E-state index in [0.29, 0.717) is 11.6 Å². The van der Waals surface area contributed by atoms with Gasteiger partial charge in [-0.15, -0.1) is 0 Å². The fourth-order valence-electron chi connectivity index (χ4n) is 2.47. The second-order valence-electron chi connectivity index (χ2n) is 4.92. The highest BCUT2D eigenvalue weighted by Gasteiger charge is 2.14. The summed E-state index contributed by atoms with van der Waals surface area (Å²) in [6.45, 7) is 5.91. The molecule has 1 fully saturated rings. The first-order valence-corrected chi connectivity index (χ1v) is 6.56. The standard InChI is InChI=1S/C14H20N4/c1-10-8-11(2)18-14(13(10)9-15)17-7-5-12-4-3-6-16-12/h8,12,16H,3-7H2,1-2H3,(H,17,18)/t12-/m1/s1. The van der Waals surface area contributed by atoms with Crippen LogP contribution in [0, 0.1) is 25.2 Å². The Balaban J connectivity index is 1.97. The van der Waals surface area contributed by atoms with Crippen molar-refractivity contribution in [3.63, 3.8) is 0 Å². The lowest BCUT2D eigenvalue weighted by atomic mass is 10.1. The second kappa shape index (κ2) is 5.83. The quantitative estimate of drug-likeness (QED) is 0.851. The molecule has 0 saturated carbocycles. The van der Waals surface area contributed by atoms with Gasteiger partial charge in [-0.3, -0.25) is 0 Å². The number of aromatic nitrogens is 1. The van der Waals surface area contributed by atoms with Crippen LogP contribution in [0.2, 0.25) is 0 Å². The Morgan fingerprint density at radius 3 is 3.06 bits per heavy atom. The van der Waals surface area contributed by atoms with E-state index in [-0.39, 0.29) is 0 Å². The number of aryl methyl sites for hydroxylation is 2. The molecule has 0 unspecified atom stereocenters. The van der Waals surface area contributed by atoms with Gasteiger partial charge in [-0.1, -0.05) is 0 Å². The molecule has 1 aromatic rings. The minimum atomic E-state index is 0.619. The molecular weight excluding hydrogens is 224 g/mol. The third kappa shape index (κ3) is 2.99. The summed E-state index contributed by atoms with van der Waals surface area (Å²) in [5, 5.41) is 15.9. The maximum absolute atomic E-state index is 9.16. The minimum absolute atomic E-state index is 0.619. The van der Waals surface area contributed by atoms with Crippen LogP contribution in [0.25, 0.3) is 0 Å². The van der Waals surface area contributed by atoms with Crippen LogP contribution in [-0.2, 0) is 0 Å². The minimum Gasteiger partial charge on any atom is -0.369 e. The highest BCUT2D eigenvalue weighted by molar-refractivity contribution is 5.56. The van der Waals surface area contributed by atoms with E-state index < -0.39 is 0 Å². The van der Waals surface area contributed by atoms with Crippen molar-refractivity contribution in [1.82, 2.24) is 10.3 Å². The smallest absolute Gasteiger partial charge is 0.144 e. The van der Waals surface area contributed by atoms with Gasteiger partial charge in [0.25, 0.3) is 0 Å². The van der Waals surface area contributed by atoms with Crippen molar-refractivity contribution in [1.29, 1.82) is 5.26 Å². The fraction of sp³-hybridized carbons (Fsp3) is 0.571. The molecule has 4 nitrogen and oxygen atoms in total. The van der Waals surface area contributed by atoms with E-state index in [9.17, 15) is 0 Å². The van der Waals surface area contributed by atoms with E-state index >= 15 is 0 Å². The number of hydrogen-bond acceptors (Lipinski definition) is 4. The normalized spacial score (nSPS) is 18.6. The molecule has 0 bridgehead atoms. The van der Waals surface area contributed by atoms with E-state index in [2.05, 4.69) is 21.7 Å². The lowest BCUT2D eigenvalue weighted by Crippen LogP contribution is -2.24. The van der Waals surface area contributed by atoms with Crippen molar-refractivity contribution >= 4 is 5.82 Å². The van der Waals surface area contributed by atoms with Crippen LogP contribution in [0.15, 0.2) is 6.07 Å². The van der Waals surface area contributed by atoms with Crippen LogP contribution in [0.1, 0.15) is 36.1 Å². The summed E-state index contributed by atoms with van der Waals surface area (Å²) in [5.41, 5.74) is 2.61. The molecule has 18 heavy (non-hydrogen) atoms. The van der Waals surface area contributed by atoms with Gasteiger partial charge in [0.1, 0.15) is 11.9 Å². The molecule has 2 rings (SSSR count). The van der Waals surface area contributed by atoms with Crippen molar-refractivity contribution in [3.05, 3.63) is 22.9 Å². The van der Waals surface area contributed by atoms with E-state index in [4.69, 9.17) is 5.26 Å². The van der Waals surface area contributed by atoms with Crippen molar-refractivity contribution in [2.75, 3.05) is 18.4 Å². The van der Waals surface area contributed by atoms with E-state index in [1.54, 1.807) is 0 Å². The molecule has 1 aromatic heterocycles. The zero-order valence-electron chi connectivity index (χ0n) is 11.1. The molecule has 0 radical (unpaired) electrons. The van der Waals surface area contributed by atoms with Crippen molar-refractivity contribution in [2.45, 2.75) is 39.2 Å². The predicted octanol–water partition coefficient (Wildman–Crippen LogP) is 2.12. The summed E-state index contributed by atoms with van der Waals surface area (Å²) in [4.78, 5) is 4.41. The maximum atomic E-state index is 9.16. The van der Waals surface area contributed by atoms with Gasteiger partial charge in [-0.25, -0.2) is 4.98 Å². The number of rotatable bonds is 4.